The summed E-state index contributed by atoms with van der Waals surface area (Å²) in [7, 11) is 0. The fraction of sp³-hybridized carbons (Fsp3) is 0.409. The average Bonchev–Trinajstić information content (AvgIpc) is 3.46. The van der Waals surface area contributed by atoms with Crippen LogP contribution in [-0.4, -0.2) is 53.8 Å². The van der Waals surface area contributed by atoms with Crippen molar-refractivity contribution in [3.8, 4) is 0 Å². The molecule has 7 nitrogen and oxygen atoms in total. The first kappa shape index (κ1) is 20.4. The zero-order valence-corrected chi connectivity index (χ0v) is 17.6. The fourth-order valence-electron chi connectivity index (χ4n) is 4.00. The predicted octanol–water partition coefficient (Wildman–Crippen LogP) is 3.87. The second-order valence-electron chi connectivity index (χ2n) is 7.71. The Morgan fingerprint density at radius 2 is 1.53 bits per heavy atom. The van der Waals surface area contributed by atoms with E-state index < -0.39 is 0 Å². The Hall–Kier alpha value is -2.87. The van der Waals surface area contributed by atoms with Crippen LogP contribution in [0.15, 0.2) is 42.5 Å². The highest BCUT2D eigenvalue weighted by Gasteiger charge is 2.31. The lowest BCUT2D eigenvalue weighted by Gasteiger charge is -2.33. The summed E-state index contributed by atoms with van der Waals surface area (Å²) >= 11 is 1.26. The number of carbonyl (C=O) groups is 3. The van der Waals surface area contributed by atoms with Gasteiger partial charge in [0.2, 0.25) is 5.91 Å². The Balaban J connectivity index is 1.28. The molecule has 3 heterocycles. The molecule has 2 aliphatic heterocycles. The standard InChI is InChI=1S/C22H26N4O3S/c27-20(25-12-4-5-13-25)16-10-14-26(15-11-16)21(28)18-8-9-19(30-18)24-22(29)23-17-6-2-1-3-7-17/h1-3,6-9,16H,4-5,10-15H2,(H2,23,24,29). The van der Waals surface area contributed by atoms with Crippen LogP contribution in [0.4, 0.5) is 15.5 Å². The SMILES string of the molecule is O=C(Nc1ccccc1)Nc1ccc(C(=O)N2CCC(C(=O)N3CCCC3)CC2)s1. The van der Waals surface area contributed by atoms with Gasteiger partial charge in [-0.3, -0.25) is 14.9 Å². The monoisotopic (exact) mass is 426 g/mol. The molecular weight excluding hydrogens is 400 g/mol. The van der Waals surface area contributed by atoms with Crippen LogP contribution in [0.25, 0.3) is 0 Å². The lowest BCUT2D eigenvalue weighted by Crippen LogP contribution is -2.43. The summed E-state index contributed by atoms with van der Waals surface area (Å²) in [6.45, 7) is 2.94. The maximum Gasteiger partial charge on any atom is 0.324 e. The maximum atomic E-state index is 12.8. The van der Waals surface area contributed by atoms with Gasteiger partial charge in [-0.15, -0.1) is 11.3 Å². The smallest absolute Gasteiger partial charge is 0.324 e. The van der Waals surface area contributed by atoms with Gasteiger partial charge in [0, 0.05) is 37.8 Å². The van der Waals surface area contributed by atoms with E-state index in [1.165, 1.54) is 11.3 Å². The summed E-state index contributed by atoms with van der Waals surface area (Å²) in [6.07, 6.45) is 3.64. The second-order valence-corrected chi connectivity index (χ2v) is 8.79. The summed E-state index contributed by atoms with van der Waals surface area (Å²) in [4.78, 5) is 41.9. The van der Waals surface area contributed by atoms with Crippen molar-refractivity contribution in [3.05, 3.63) is 47.3 Å². The van der Waals surface area contributed by atoms with Crippen LogP contribution in [0.2, 0.25) is 0 Å². The van der Waals surface area contributed by atoms with Gasteiger partial charge in [0.05, 0.1) is 9.88 Å². The average molecular weight is 427 g/mol. The number of amides is 4. The normalized spacial score (nSPS) is 17.1. The summed E-state index contributed by atoms with van der Waals surface area (Å²) in [6, 6.07) is 12.3. The van der Waals surface area contributed by atoms with Crippen molar-refractivity contribution in [2.45, 2.75) is 25.7 Å². The minimum atomic E-state index is -0.344. The molecular formula is C22H26N4O3S. The van der Waals surface area contributed by atoms with Gasteiger partial charge >= 0.3 is 6.03 Å². The number of anilines is 2. The zero-order valence-electron chi connectivity index (χ0n) is 16.8. The van der Waals surface area contributed by atoms with Crippen LogP contribution in [0.1, 0.15) is 35.4 Å². The third-order valence-corrected chi connectivity index (χ3v) is 6.62. The number of rotatable bonds is 4. The number of para-hydroxylation sites is 1. The molecule has 2 fully saturated rings. The van der Waals surface area contributed by atoms with E-state index in [1.54, 1.807) is 24.3 Å². The van der Waals surface area contributed by atoms with Crippen LogP contribution in [0.5, 0.6) is 0 Å². The van der Waals surface area contributed by atoms with Crippen LogP contribution in [-0.2, 0) is 4.79 Å². The lowest BCUT2D eigenvalue weighted by atomic mass is 9.95. The van der Waals surface area contributed by atoms with E-state index >= 15 is 0 Å². The molecule has 0 bridgehead atoms. The maximum absolute atomic E-state index is 12.8. The number of piperidine rings is 1. The molecule has 8 heteroatoms. The van der Waals surface area contributed by atoms with E-state index in [-0.39, 0.29) is 23.8 Å². The van der Waals surface area contributed by atoms with Crippen LogP contribution >= 0.6 is 11.3 Å². The van der Waals surface area contributed by atoms with E-state index in [0.717, 1.165) is 38.8 Å². The molecule has 0 unspecified atom stereocenters. The molecule has 1 aromatic carbocycles. The minimum Gasteiger partial charge on any atom is -0.342 e. The third kappa shape index (κ3) is 4.81. The van der Waals surface area contributed by atoms with Crippen LogP contribution in [0, 0.1) is 5.92 Å². The number of carbonyl (C=O) groups excluding carboxylic acids is 3. The summed E-state index contributed by atoms with van der Waals surface area (Å²) in [5.74, 6) is 0.254. The van der Waals surface area contributed by atoms with E-state index in [4.69, 9.17) is 0 Å². The van der Waals surface area contributed by atoms with E-state index in [0.29, 0.717) is 28.7 Å². The van der Waals surface area contributed by atoms with Crippen molar-refractivity contribution in [1.82, 2.24) is 9.80 Å². The Kier molecular flexibility index (Phi) is 6.32. The lowest BCUT2D eigenvalue weighted by molar-refractivity contribution is -0.135. The van der Waals surface area contributed by atoms with Crippen molar-refractivity contribution in [2.75, 3.05) is 36.8 Å². The highest BCUT2D eigenvalue weighted by molar-refractivity contribution is 7.18. The van der Waals surface area contributed by atoms with Gasteiger partial charge in [0.25, 0.3) is 5.91 Å². The third-order valence-electron chi connectivity index (χ3n) is 5.63. The molecule has 0 aliphatic carbocycles. The van der Waals surface area contributed by atoms with E-state index in [1.807, 2.05) is 28.0 Å². The number of urea groups is 1. The van der Waals surface area contributed by atoms with Crippen molar-refractivity contribution in [3.63, 3.8) is 0 Å². The Morgan fingerprint density at radius 1 is 0.833 bits per heavy atom. The molecule has 0 radical (unpaired) electrons. The fourth-order valence-corrected chi connectivity index (χ4v) is 4.87. The molecule has 4 rings (SSSR count). The molecule has 2 saturated heterocycles. The molecule has 30 heavy (non-hydrogen) atoms. The van der Waals surface area contributed by atoms with Gasteiger partial charge < -0.3 is 15.1 Å². The topological polar surface area (TPSA) is 81.8 Å². The van der Waals surface area contributed by atoms with Gasteiger partial charge in [-0.25, -0.2) is 4.79 Å². The van der Waals surface area contributed by atoms with Gasteiger partial charge in [0.15, 0.2) is 0 Å². The van der Waals surface area contributed by atoms with Crippen molar-refractivity contribution in [1.29, 1.82) is 0 Å². The largest absolute Gasteiger partial charge is 0.342 e. The first-order chi connectivity index (χ1) is 14.6. The molecule has 0 atom stereocenters. The molecule has 1 aromatic heterocycles. The minimum absolute atomic E-state index is 0.0365. The Labute approximate surface area is 180 Å². The summed E-state index contributed by atoms with van der Waals surface area (Å²) in [5, 5.41) is 6.14. The molecule has 4 amide bonds. The van der Waals surface area contributed by atoms with E-state index in [9.17, 15) is 14.4 Å². The number of hydrogen-bond donors (Lipinski definition) is 2. The van der Waals surface area contributed by atoms with Crippen molar-refractivity contribution >= 4 is 39.9 Å². The van der Waals surface area contributed by atoms with Gasteiger partial charge in [-0.05, 0) is 49.9 Å². The molecule has 0 spiro atoms. The summed E-state index contributed by atoms with van der Waals surface area (Å²) < 4.78 is 0. The number of nitrogens with one attached hydrogen (secondary N) is 2. The number of thiophene rings is 1. The number of hydrogen-bond acceptors (Lipinski definition) is 4. The zero-order chi connectivity index (χ0) is 20.9. The predicted molar refractivity (Wildman–Crippen MR) is 118 cm³/mol. The molecule has 158 valence electrons. The van der Waals surface area contributed by atoms with Crippen molar-refractivity contribution in [2.24, 2.45) is 5.92 Å². The quantitative estimate of drug-likeness (QED) is 0.779. The van der Waals surface area contributed by atoms with Crippen LogP contribution < -0.4 is 10.6 Å². The van der Waals surface area contributed by atoms with Gasteiger partial charge in [0.1, 0.15) is 0 Å². The number of nitrogens with zero attached hydrogens (tertiary/aromatic N) is 2. The molecule has 2 N–H and O–H groups in total. The number of likely N-dealkylation sites (tertiary alicyclic amines) is 2. The van der Waals surface area contributed by atoms with E-state index in [2.05, 4.69) is 10.6 Å². The first-order valence-electron chi connectivity index (χ1n) is 10.4. The highest BCUT2D eigenvalue weighted by atomic mass is 32.1. The summed E-state index contributed by atoms with van der Waals surface area (Å²) in [5.41, 5.74) is 0.703. The molecule has 0 saturated carbocycles. The molecule has 2 aromatic rings. The Morgan fingerprint density at radius 3 is 2.23 bits per heavy atom. The Bertz CT molecular complexity index is 900. The van der Waals surface area contributed by atoms with Gasteiger partial charge in [-0.1, -0.05) is 18.2 Å². The number of benzene rings is 1. The second kappa shape index (κ2) is 9.30. The van der Waals surface area contributed by atoms with Gasteiger partial charge in [-0.2, -0.15) is 0 Å². The first-order valence-corrected chi connectivity index (χ1v) is 11.2. The highest BCUT2D eigenvalue weighted by Crippen LogP contribution is 2.27. The van der Waals surface area contributed by atoms with Crippen LogP contribution in [0.3, 0.4) is 0 Å². The molecule has 2 aliphatic rings. The van der Waals surface area contributed by atoms with Crippen molar-refractivity contribution < 1.29 is 14.4 Å².